The molecule has 1 atom stereocenters. The quantitative estimate of drug-likeness (QED) is 0.677. The highest BCUT2D eigenvalue weighted by Crippen LogP contribution is 2.55. The standard InChI is InChI=1S/C11H12N2O/c14-10-11(4-1-5-11)9(13-10)8-2-6-12-7-3-8/h2-3,6-7,9H,1,4-5H2,(H,13,14). The molecule has 1 saturated heterocycles. The van der Waals surface area contributed by atoms with Gasteiger partial charge in [0, 0.05) is 12.4 Å². The second kappa shape index (κ2) is 2.56. The Bertz CT molecular complexity index is 370. The van der Waals surface area contributed by atoms with Crippen LogP contribution in [0.4, 0.5) is 0 Å². The van der Waals surface area contributed by atoms with Crippen molar-refractivity contribution in [3.05, 3.63) is 30.1 Å². The number of rotatable bonds is 1. The maximum Gasteiger partial charge on any atom is 0.229 e. The molecule has 2 aliphatic rings. The Morgan fingerprint density at radius 1 is 1.36 bits per heavy atom. The number of nitrogens with zero attached hydrogens (tertiary/aromatic N) is 1. The van der Waals surface area contributed by atoms with Gasteiger partial charge in [-0.05, 0) is 30.5 Å². The van der Waals surface area contributed by atoms with Crippen LogP contribution in [-0.2, 0) is 4.79 Å². The first-order valence-corrected chi connectivity index (χ1v) is 5.04. The Kier molecular flexibility index (Phi) is 1.46. The van der Waals surface area contributed by atoms with Crippen molar-refractivity contribution in [2.24, 2.45) is 5.41 Å². The summed E-state index contributed by atoms with van der Waals surface area (Å²) in [5.74, 6) is 0.241. The summed E-state index contributed by atoms with van der Waals surface area (Å²) in [6.07, 6.45) is 6.85. The average Bonchev–Trinajstić information content (AvgIpc) is 2.13. The van der Waals surface area contributed by atoms with Crippen LogP contribution >= 0.6 is 0 Å². The molecule has 1 aliphatic carbocycles. The van der Waals surface area contributed by atoms with E-state index in [1.165, 1.54) is 12.0 Å². The molecule has 2 fully saturated rings. The number of amides is 1. The molecule has 3 rings (SSSR count). The predicted octanol–water partition coefficient (Wildman–Crippen LogP) is 1.42. The van der Waals surface area contributed by atoms with E-state index in [2.05, 4.69) is 10.3 Å². The molecule has 0 aromatic carbocycles. The SMILES string of the molecule is O=C1NC(c2ccncc2)C12CCC2. The number of nitrogens with one attached hydrogen (secondary N) is 1. The van der Waals surface area contributed by atoms with E-state index >= 15 is 0 Å². The number of hydrogen-bond acceptors (Lipinski definition) is 2. The van der Waals surface area contributed by atoms with Crippen molar-refractivity contribution in [1.29, 1.82) is 0 Å². The third-order valence-corrected chi connectivity index (χ3v) is 3.57. The summed E-state index contributed by atoms with van der Waals surface area (Å²) in [4.78, 5) is 15.5. The van der Waals surface area contributed by atoms with Crippen LogP contribution in [0.1, 0.15) is 30.9 Å². The topological polar surface area (TPSA) is 42.0 Å². The highest BCUT2D eigenvalue weighted by molar-refractivity contribution is 5.91. The van der Waals surface area contributed by atoms with Crippen molar-refractivity contribution >= 4 is 5.91 Å². The van der Waals surface area contributed by atoms with Gasteiger partial charge in [-0.3, -0.25) is 9.78 Å². The molecule has 72 valence electrons. The molecular weight excluding hydrogens is 176 g/mol. The molecule has 1 aromatic heterocycles. The minimum Gasteiger partial charge on any atom is -0.348 e. The highest BCUT2D eigenvalue weighted by Gasteiger charge is 2.58. The van der Waals surface area contributed by atoms with E-state index in [1.807, 2.05) is 12.1 Å². The van der Waals surface area contributed by atoms with Gasteiger partial charge in [0.25, 0.3) is 0 Å². The number of β-lactam (4-membered cyclic amide) rings is 1. The molecule has 3 nitrogen and oxygen atoms in total. The fourth-order valence-corrected chi connectivity index (χ4v) is 2.50. The Balaban J connectivity index is 1.91. The van der Waals surface area contributed by atoms with E-state index in [4.69, 9.17) is 0 Å². The Morgan fingerprint density at radius 3 is 2.57 bits per heavy atom. The van der Waals surface area contributed by atoms with E-state index < -0.39 is 0 Å². The van der Waals surface area contributed by atoms with Crippen molar-refractivity contribution in [3.8, 4) is 0 Å². The van der Waals surface area contributed by atoms with Crippen LogP contribution < -0.4 is 5.32 Å². The van der Waals surface area contributed by atoms with Gasteiger partial charge in [0.1, 0.15) is 0 Å². The summed E-state index contributed by atoms with van der Waals surface area (Å²) >= 11 is 0. The highest BCUT2D eigenvalue weighted by atomic mass is 16.2. The van der Waals surface area contributed by atoms with Crippen molar-refractivity contribution in [2.45, 2.75) is 25.3 Å². The molecule has 14 heavy (non-hydrogen) atoms. The van der Waals surface area contributed by atoms with Crippen molar-refractivity contribution in [2.75, 3.05) is 0 Å². The molecule has 1 aromatic rings. The second-order valence-corrected chi connectivity index (χ2v) is 4.20. The zero-order valence-corrected chi connectivity index (χ0v) is 7.86. The minimum atomic E-state index is -0.0542. The molecule has 3 heteroatoms. The van der Waals surface area contributed by atoms with Crippen molar-refractivity contribution in [3.63, 3.8) is 0 Å². The van der Waals surface area contributed by atoms with Gasteiger partial charge < -0.3 is 5.32 Å². The monoisotopic (exact) mass is 188 g/mol. The molecule has 1 unspecified atom stereocenters. The molecule has 0 radical (unpaired) electrons. The smallest absolute Gasteiger partial charge is 0.229 e. The van der Waals surface area contributed by atoms with Gasteiger partial charge in [-0.1, -0.05) is 6.42 Å². The molecule has 1 amide bonds. The zero-order chi connectivity index (χ0) is 9.60. The Labute approximate surface area is 82.5 Å². The first-order chi connectivity index (χ1) is 6.83. The van der Waals surface area contributed by atoms with Gasteiger partial charge in [-0.15, -0.1) is 0 Å². The number of carbonyl (C=O) groups excluding carboxylic acids is 1. The van der Waals surface area contributed by atoms with Crippen LogP contribution in [0.3, 0.4) is 0 Å². The molecule has 0 bridgehead atoms. The van der Waals surface area contributed by atoms with Crippen LogP contribution in [0.2, 0.25) is 0 Å². The van der Waals surface area contributed by atoms with E-state index in [1.54, 1.807) is 12.4 Å². The first-order valence-electron chi connectivity index (χ1n) is 5.04. The fraction of sp³-hybridized carbons (Fsp3) is 0.455. The summed E-state index contributed by atoms with van der Waals surface area (Å²) in [6, 6.07) is 4.22. The maximum atomic E-state index is 11.5. The molecule has 2 heterocycles. The van der Waals surface area contributed by atoms with Crippen molar-refractivity contribution < 1.29 is 4.79 Å². The van der Waals surface area contributed by atoms with Gasteiger partial charge in [0.05, 0.1) is 11.5 Å². The molecule has 1 N–H and O–H groups in total. The third kappa shape index (κ3) is 0.820. The van der Waals surface area contributed by atoms with Crippen LogP contribution in [0, 0.1) is 5.41 Å². The number of pyridine rings is 1. The normalized spacial score (nSPS) is 27.7. The van der Waals surface area contributed by atoms with E-state index in [-0.39, 0.29) is 17.4 Å². The third-order valence-electron chi connectivity index (χ3n) is 3.57. The van der Waals surface area contributed by atoms with Crippen LogP contribution in [-0.4, -0.2) is 10.9 Å². The average molecular weight is 188 g/mol. The molecule has 1 aliphatic heterocycles. The zero-order valence-electron chi connectivity index (χ0n) is 7.86. The second-order valence-electron chi connectivity index (χ2n) is 4.20. The Morgan fingerprint density at radius 2 is 2.07 bits per heavy atom. The minimum absolute atomic E-state index is 0.0542. The summed E-state index contributed by atoms with van der Waals surface area (Å²) in [5, 5.41) is 2.99. The lowest BCUT2D eigenvalue weighted by atomic mass is 9.57. The molecular formula is C11H12N2O. The Hall–Kier alpha value is -1.38. The maximum absolute atomic E-state index is 11.5. The van der Waals surface area contributed by atoms with Gasteiger partial charge in [-0.25, -0.2) is 0 Å². The van der Waals surface area contributed by atoms with Gasteiger partial charge in [0.15, 0.2) is 0 Å². The number of aromatic nitrogens is 1. The molecule has 1 saturated carbocycles. The van der Waals surface area contributed by atoms with E-state index in [0.29, 0.717) is 0 Å². The van der Waals surface area contributed by atoms with Crippen LogP contribution in [0.25, 0.3) is 0 Å². The lowest BCUT2D eigenvalue weighted by Gasteiger charge is -2.54. The lowest BCUT2D eigenvalue weighted by Crippen LogP contribution is -2.64. The van der Waals surface area contributed by atoms with Gasteiger partial charge in [0.2, 0.25) is 5.91 Å². The van der Waals surface area contributed by atoms with Gasteiger partial charge >= 0.3 is 0 Å². The van der Waals surface area contributed by atoms with Gasteiger partial charge in [-0.2, -0.15) is 0 Å². The lowest BCUT2D eigenvalue weighted by molar-refractivity contribution is -0.155. The molecule has 1 spiro atoms. The van der Waals surface area contributed by atoms with Crippen LogP contribution in [0.5, 0.6) is 0 Å². The van der Waals surface area contributed by atoms with E-state index in [9.17, 15) is 4.79 Å². The summed E-state index contributed by atoms with van der Waals surface area (Å²) in [5.41, 5.74) is 1.14. The summed E-state index contributed by atoms with van der Waals surface area (Å²) < 4.78 is 0. The van der Waals surface area contributed by atoms with E-state index in [0.717, 1.165) is 12.8 Å². The number of hydrogen-bond donors (Lipinski definition) is 1. The number of carbonyl (C=O) groups is 1. The predicted molar refractivity (Wildman–Crippen MR) is 51.4 cm³/mol. The van der Waals surface area contributed by atoms with Crippen molar-refractivity contribution in [1.82, 2.24) is 10.3 Å². The summed E-state index contributed by atoms with van der Waals surface area (Å²) in [7, 11) is 0. The summed E-state index contributed by atoms with van der Waals surface area (Å²) in [6.45, 7) is 0. The van der Waals surface area contributed by atoms with Crippen LogP contribution in [0.15, 0.2) is 24.5 Å². The largest absolute Gasteiger partial charge is 0.348 e. The first kappa shape index (κ1) is 7.97. The fourth-order valence-electron chi connectivity index (χ4n) is 2.50.